The first-order chi connectivity index (χ1) is 12.4. The van der Waals surface area contributed by atoms with E-state index in [4.69, 9.17) is 17.0 Å². The maximum atomic E-state index is 13.0. The molecular formula is C18H19F3N3OS+. The predicted octanol–water partition coefficient (Wildman–Crippen LogP) is 2.41. The number of hydrogen-bond acceptors (Lipinski definition) is 2. The summed E-state index contributed by atoms with van der Waals surface area (Å²) < 4.78 is 44.4. The third-order valence-electron chi connectivity index (χ3n) is 4.23. The number of benzene rings is 2. The maximum Gasteiger partial charge on any atom is 0.416 e. The number of methoxy groups -OCH3 is 1. The highest BCUT2D eigenvalue weighted by molar-refractivity contribution is 7.80. The number of quaternary nitrogens is 1. The maximum absolute atomic E-state index is 13.0. The number of thiocarbonyl (C=S) groups is 1. The Hall–Kier alpha value is -2.32. The molecule has 0 aromatic heterocycles. The minimum absolute atomic E-state index is 0.424. The van der Waals surface area contributed by atoms with E-state index in [0.717, 1.165) is 28.3 Å². The number of halogens is 3. The molecular weight excluding hydrogens is 363 g/mol. The van der Waals surface area contributed by atoms with Crippen LogP contribution in [0.5, 0.6) is 5.75 Å². The fourth-order valence-electron chi connectivity index (χ4n) is 2.94. The van der Waals surface area contributed by atoms with Crippen LogP contribution in [0, 0.1) is 0 Å². The van der Waals surface area contributed by atoms with Gasteiger partial charge in [-0.05, 0) is 42.5 Å². The summed E-state index contributed by atoms with van der Waals surface area (Å²) in [5, 5.41) is 3.52. The summed E-state index contributed by atoms with van der Waals surface area (Å²) in [6, 6.07) is 12.9. The molecule has 0 amide bonds. The highest BCUT2D eigenvalue weighted by atomic mass is 32.1. The van der Waals surface area contributed by atoms with Crippen molar-refractivity contribution in [3.8, 4) is 5.75 Å². The van der Waals surface area contributed by atoms with Crippen molar-refractivity contribution in [2.45, 2.75) is 12.7 Å². The van der Waals surface area contributed by atoms with E-state index < -0.39 is 11.7 Å². The minimum Gasteiger partial charge on any atom is -0.496 e. The number of para-hydroxylation sites is 1. The van der Waals surface area contributed by atoms with Crippen molar-refractivity contribution in [1.82, 2.24) is 5.32 Å². The molecule has 0 saturated carbocycles. The molecule has 1 heterocycles. The van der Waals surface area contributed by atoms with Gasteiger partial charge >= 0.3 is 6.18 Å². The number of rotatable bonds is 4. The molecule has 1 aliphatic heterocycles. The first-order valence-electron chi connectivity index (χ1n) is 8.06. The molecule has 1 unspecified atom stereocenters. The van der Waals surface area contributed by atoms with Gasteiger partial charge < -0.3 is 10.1 Å². The molecule has 1 fully saturated rings. The van der Waals surface area contributed by atoms with E-state index in [0.29, 0.717) is 30.7 Å². The monoisotopic (exact) mass is 382 g/mol. The van der Waals surface area contributed by atoms with Gasteiger partial charge in [0, 0.05) is 11.3 Å². The molecule has 2 aromatic rings. The summed E-state index contributed by atoms with van der Waals surface area (Å²) in [7, 11) is 1.62. The van der Waals surface area contributed by atoms with Crippen molar-refractivity contribution >= 4 is 23.0 Å². The van der Waals surface area contributed by atoms with E-state index in [1.165, 1.54) is 6.07 Å². The normalized spacial score (nSPS) is 17.8. The van der Waals surface area contributed by atoms with E-state index in [9.17, 15) is 13.2 Å². The van der Waals surface area contributed by atoms with Crippen LogP contribution in [0.15, 0.2) is 48.5 Å². The third-order valence-corrected chi connectivity index (χ3v) is 4.60. The number of hydrogen-bond donors (Lipinski definition) is 2. The number of alkyl halides is 3. The fourth-order valence-corrected chi connectivity index (χ4v) is 3.18. The third kappa shape index (κ3) is 4.08. The van der Waals surface area contributed by atoms with Crippen molar-refractivity contribution in [1.29, 1.82) is 0 Å². The summed E-state index contributed by atoms with van der Waals surface area (Å²) in [6.07, 6.45) is -4.38. The van der Waals surface area contributed by atoms with Gasteiger partial charge in [0.15, 0.2) is 18.4 Å². The molecule has 1 aliphatic rings. The fraction of sp³-hybridized carbons (Fsp3) is 0.278. The molecule has 3 rings (SSSR count). The number of nitrogens with zero attached hydrogens (tertiary/aromatic N) is 1. The Morgan fingerprint density at radius 1 is 1.19 bits per heavy atom. The lowest BCUT2D eigenvalue weighted by atomic mass is 10.1. The summed E-state index contributed by atoms with van der Waals surface area (Å²) in [5.41, 5.74) is 0.771. The second kappa shape index (κ2) is 7.51. The van der Waals surface area contributed by atoms with E-state index in [1.807, 2.05) is 24.3 Å². The van der Waals surface area contributed by atoms with Crippen LogP contribution in [-0.4, -0.2) is 25.6 Å². The summed E-state index contributed by atoms with van der Waals surface area (Å²) in [6.45, 7) is 1.71. The molecule has 4 nitrogen and oxygen atoms in total. The Labute approximate surface area is 155 Å². The van der Waals surface area contributed by atoms with Crippen LogP contribution in [-0.2, 0) is 12.7 Å². The van der Waals surface area contributed by atoms with Crippen molar-refractivity contribution in [3.05, 3.63) is 59.7 Å². The topological polar surface area (TPSA) is 28.9 Å². The van der Waals surface area contributed by atoms with Gasteiger partial charge in [0.2, 0.25) is 0 Å². The first-order valence-corrected chi connectivity index (χ1v) is 8.47. The van der Waals surface area contributed by atoms with Crippen LogP contribution in [0.25, 0.3) is 0 Å². The molecule has 0 spiro atoms. The lowest BCUT2D eigenvalue weighted by Gasteiger charge is -2.35. The molecule has 8 heteroatoms. The average molecular weight is 382 g/mol. The Morgan fingerprint density at radius 3 is 2.69 bits per heavy atom. The van der Waals surface area contributed by atoms with Gasteiger partial charge in [0.05, 0.1) is 12.7 Å². The summed E-state index contributed by atoms with van der Waals surface area (Å²) >= 11 is 5.31. The SMILES string of the molecule is COc1ccccc1C[NH+]1CNC(=S)N(c2cccc(C(F)(F)F)c2)C1. The van der Waals surface area contributed by atoms with Gasteiger partial charge in [-0.3, -0.25) is 9.80 Å². The molecule has 1 saturated heterocycles. The Morgan fingerprint density at radius 2 is 1.96 bits per heavy atom. The van der Waals surface area contributed by atoms with Crippen LogP contribution >= 0.6 is 12.2 Å². The lowest BCUT2D eigenvalue weighted by molar-refractivity contribution is -0.916. The molecule has 0 radical (unpaired) electrons. The van der Waals surface area contributed by atoms with E-state index in [1.54, 1.807) is 18.1 Å². The zero-order valence-electron chi connectivity index (χ0n) is 14.1. The number of anilines is 1. The molecule has 2 aromatic carbocycles. The zero-order valence-corrected chi connectivity index (χ0v) is 15.0. The van der Waals surface area contributed by atoms with Gasteiger partial charge in [0.25, 0.3) is 0 Å². The quantitative estimate of drug-likeness (QED) is 0.795. The molecule has 2 N–H and O–H groups in total. The van der Waals surface area contributed by atoms with Gasteiger partial charge in [-0.1, -0.05) is 18.2 Å². The average Bonchev–Trinajstić information content (AvgIpc) is 2.63. The van der Waals surface area contributed by atoms with Crippen LogP contribution < -0.4 is 19.9 Å². The van der Waals surface area contributed by atoms with Crippen LogP contribution in [0.3, 0.4) is 0 Å². The molecule has 138 valence electrons. The van der Waals surface area contributed by atoms with Gasteiger partial charge in [-0.25, -0.2) is 0 Å². The highest BCUT2D eigenvalue weighted by Crippen LogP contribution is 2.31. The smallest absolute Gasteiger partial charge is 0.416 e. The van der Waals surface area contributed by atoms with Gasteiger partial charge in [-0.15, -0.1) is 0 Å². The van der Waals surface area contributed by atoms with Crippen molar-refractivity contribution in [2.75, 3.05) is 25.3 Å². The minimum atomic E-state index is -4.38. The largest absolute Gasteiger partial charge is 0.496 e. The predicted molar refractivity (Wildman–Crippen MR) is 97.1 cm³/mol. The second-order valence-corrected chi connectivity index (χ2v) is 6.42. The Balaban J connectivity index is 1.80. The lowest BCUT2D eigenvalue weighted by Crippen LogP contribution is -3.16. The number of ether oxygens (including phenoxy) is 1. The van der Waals surface area contributed by atoms with Crippen molar-refractivity contribution in [2.24, 2.45) is 0 Å². The van der Waals surface area contributed by atoms with E-state index in [-0.39, 0.29) is 0 Å². The van der Waals surface area contributed by atoms with Crippen molar-refractivity contribution < 1.29 is 22.8 Å². The van der Waals surface area contributed by atoms with E-state index in [2.05, 4.69) is 5.32 Å². The van der Waals surface area contributed by atoms with Crippen LogP contribution in [0.4, 0.5) is 18.9 Å². The first kappa shape index (κ1) is 18.5. The van der Waals surface area contributed by atoms with Crippen molar-refractivity contribution in [3.63, 3.8) is 0 Å². The summed E-state index contributed by atoms with van der Waals surface area (Å²) in [4.78, 5) is 2.80. The van der Waals surface area contributed by atoms with Gasteiger partial charge in [-0.2, -0.15) is 13.2 Å². The summed E-state index contributed by atoms with van der Waals surface area (Å²) in [5.74, 6) is 0.791. The number of nitrogens with one attached hydrogen (secondary N) is 2. The standard InChI is InChI=1S/C18H18F3N3OS/c1-25-16-8-3-2-5-13(16)10-23-11-22-17(26)24(12-23)15-7-4-6-14(9-15)18(19,20)21/h2-9H,10-12H2,1H3,(H,22,26)/p+1. The molecule has 0 aliphatic carbocycles. The van der Waals surface area contributed by atoms with Crippen LogP contribution in [0.2, 0.25) is 0 Å². The Kier molecular flexibility index (Phi) is 5.33. The van der Waals surface area contributed by atoms with Gasteiger partial charge in [0.1, 0.15) is 12.3 Å². The molecule has 1 atom stereocenters. The zero-order chi connectivity index (χ0) is 18.7. The molecule has 26 heavy (non-hydrogen) atoms. The van der Waals surface area contributed by atoms with Crippen LogP contribution in [0.1, 0.15) is 11.1 Å². The molecule has 0 bridgehead atoms. The Bertz CT molecular complexity index is 797. The second-order valence-electron chi connectivity index (χ2n) is 6.03. The van der Waals surface area contributed by atoms with E-state index >= 15 is 0 Å². The highest BCUT2D eigenvalue weighted by Gasteiger charge is 2.32.